The van der Waals surface area contributed by atoms with Gasteiger partial charge in [0, 0.05) is 25.1 Å². The van der Waals surface area contributed by atoms with Gasteiger partial charge >= 0.3 is 11.9 Å². The number of aromatic nitrogens is 1. The minimum absolute atomic E-state index is 0.0323. The summed E-state index contributed by atoms with van der Waals surface area (Å²) in [5.41, 5.74) is 0.753. The van der Waals surface area contributed by atoms with E-state index in [9.17, 15) is 23.2 Å². The van der Waals surface area contributed by atoms with Gasteiger partial charge in [0.15, 0.2) is 34.6 Å². The van der Waals surface area contributed by atoms with Crippen molar-refractivity contribution in [2.45, 2.75) is 38.8 Å². The fourth-order valence-electron chi connectivity index (χ4n) is 4.15. The molecule has 1 N–H and O–H groups in total. The number of hydrogen-bond donors (Lipinski definition) is 1. The summed E-state index contributed by atoms with van der Waals surface area (Å²) in [5.74, 6) is -4.39. The SMILES string of the molecule is COc1cc(C(c2ccc(F)c(OC)c2)[C@H](C)OC(=O)[C@H](C)NC(=O)c2nccc(OC)c2OC(C)=O)ccc1F. The number of methoxy groups -OCH3 is 3. The molecule has 12 heteroatoms. The predicted octanol–water partition coefficient (Wildman–Crippen LogP) is 4.19. The summed E-state index contributed by atoms with van der Waals surface area (Å²) in [6.07, 6.45) is 0.392. The van der Waals surface area contributed by atoms with Crippen LogP contribution in [-0.2, 0) is 14.3 Å². The first-order chi connectivity index (χ1) is 19.5. The summed E-state index contributed by atoms with van der Waals surface area (Å²) in [6, 6.07) is 8.56. The lowest BCUT2D eigenvalue weighted by Crippen LogP contribution is -2.41. The molecule has 41 heavy (non-hydrogen) atoms. The van der Waals surface area contributed by atoms with Crippen LogP contribution in [0.4, 0.5) is 8.78 Å². The number of nitrogens with zero attached hydrogens (tertiary/aromatic N) is 1. The smallest absolute Gasteiger partial charge is 0.328 e. The van der Waals surface area contributed by atoms with Gasteiger partial charge in [0.05, 0.1) is 21.3 Å². The van der Waals surface area contributed by atoms with E-state index in [1.165, 1.54) is 76.9 Å². The van der Waals surface area contributed by atoms with Crippen LogP contribution >= 0.6 is 0 Å². The number of carbonyl (C=O) groups excluding carboxylic acids is 3. The zero-order valence-electron chi connectivity index (χ0n) is 23.3. The lowest BCUT2D eigenvalue weighted by atomic mass is 9.86. The Morgan fingerprint density at radius 2 is 1.37 bits per heavy atom. The Morgan fingerprint density at radius 3 is 1.85 bits per heavy atom. The first kappa shape index (κ1) is 30.8. The number of carbonyl (C=O) groups is 3. The van der Waals surface area contributed by atoms with Gasteiger partial charge in [-0.3, -0.25) is 9.59 Å². The molecular formula is C29H30F2N2O8. The van der Waals surface area contributed by atoms with Gasteiger partial charge in [-0.05, 0) is 49.2 Å². The van der Waals surface area contributed by atoms with Crippen LogP contribution in [0.2, 0.25) is 0 Å². The van der Waals surface area contributed by atoms with E-state index in [0.29, 0.717) is 11.1 Å². The van der Waals surface area contributed by atoms with E-state index < -0.39 is 47.5 Å². The average Bonchev–Trinajstić information content (AvgIpc) is 2.94. The van der Waals surface area contributed by atoms with Gasteiger partial charge in [0.25, 0.3) is 5.91 Å². The van der Waals surface area contributed by atoms with E-state index in [1.54, 1.807) is 6.92 Å². The Hall–Kier alpha value is -4.74. The van der Waals surface area contributed by atoms with Crippen molar-refractivity contribution in [2.75, 3.05) is 21.3 Å². The lowest BCUT2D eigenvalue weighted by Gasteiger charge is -2.27. The molecule has 1 amide bonds. The molecule has 0 aliphatic carbocycles. The van der Waals surface area contributed by atoms with Gasteiger partial charge in [-0.15, -0.1) is 0 Å². The van der Waals surface area contributed by atoms with E-state index in [-0.39, 0.29) is 28.7 Å². The lowest BCUT2D eigenvalue weighted by molar-refractivity contribution is -0.150. The second-order valence-electron chi connectivity index (χ2n) is 8.89. The van der Waals surface area contributed by atoms with E-state index in [1.807, 2.05) is 0 Å². The van der Waals surface area contributed by atoms with Gasteiger partial charge in [-0.2, -0.15) is 0 Å². The molecular weight excluding hydrogens is 542 g/mol. The van der Waals surface area contributed by atoms with Gasteiger partial charge in [-0.1, -0.05) is 12.1 Å². The highest BCUT2D eigenvalue weighted by Crippen LogP contribution is 2.35. The Balaban J connectivity index is 1.87. The average molecular weight is 573 g/mol. The fourth-order valence-corrected chi connectivity index (χ4v) is 4.15. The Kier molecular flexibility index (Phi) is 10.2. The first-order valence-corrected chi connectivity index (χ1v) is 12.4. The maximum Gasteiger partial charge on any atom is 0.328 e. The fraction of sp³-hybridized carbons (Fsp3) is 0.310. The molecule has 1 aromatic heterocycles. The zero-order chi connectivity index (χ0) is 30.3. The van der Waals surface area contributed by atoms with Crippen LogP contribution in [0.3, 0.4) is 0 Å². The topological polar surface area (TPSA) is 122 Å². The third kappa shape index (κ3) is 7.27. The highest BCUT2D eigenvalue weighted by atomic mass is 19.1. The third-order valence-corrected chi connectivity index (χ3v) is 6.09. The molecule has 0 bridgehead atoms. The van der Waals surface area contributed by atoms with Crippen molar-refractivity contribution >= 4 is 17.8 Å². The summed E-state index contributed by atoms with van der Waals surface area (Å²) in [5, 5.41) is 2.47. The van der Waals surface area contributed by atoms with Gasteiger partial charge in [0.1, 0.15) is 12.1 Å². The van der Waals surface area contributed by atoms with Crippen molar-refractivity contribution in [3.05, 3.63) is 77.1 Å². The number of hydrogen-bond acceptors (Lipinski definition) is 9. The van der Waals surface area contributed by atoms with Crippen molar-refractivity contribution in [1.29, 1.82) is 0 Å². The molecule has 0 radical (unpaired) electrons. The number of ether oxygens (including phenoxy) is 5. The molecule has 0 unspecified atom stereocenters. The van der Waals surface area contributed by atoms with Crippen molar-refractivity contribution < 1.29 is 46.8 Å². The number of halogens is 2. The molecule has 10 nitrogen and oxygen atoms in total. The normalized spacial score (nSPS) is 12.2. The monoisotopic (exact) mass is 572 g/mol. The summed E-state index contributed by atoms with van der Waals surface area (Å²) in [6.45, 7) is 4.15. The maximum atomic E-state index is 14.2. The first-order valence-electron chi connectivity index (χ1n) is 12.4. The maximum absolute atomic E-state index is 14.2. The predicted molar refractivity (Wildman–Crippen MR) is 142 cm³/mol. The van der Waals surface area contributed by atoms with E-state index in [2.05, 4.69) is 10.3 Å². The minimum Gasteiger partial charge on any atom is -0.494 e. The highest BCUT2D eigenvalue weighted by Gasteiger charge is 2.30. The second-order valence-corrected chi connectivity index (χ2v) is 8.89. The summed E-state index contributed by atoms with van der Waals surface area (Å²) >= 11 is 0. The van der Waals surface area contributed by atoms with Crippen molar-refractivity contribution in [3.63, 3.8) is 0 Å². The molecule has 0 saturated heterocycles. The standard InChI is InChI=1S/C29H30F2N2O8/c1-15(33-28(35)26-27(41-17(3)34)22(37-4)11-12-32-26)29(36)40-16(2)25(18-7-9-20(30)23(13-18)38-5)19-8-10-21(31)24(14-19)39-6/h7-16,25H,1-6H3,(H,33,35)/t15-,16-/m0/s1. The van der Waals surface area contributed by atoms with Crippen LogP contribution in [0.15, 0.2) is 48.7 Å². The van der Waals surface area contributed by atoms with Crippen LogP contribution in [0.5, 0.6) is 23.0 Å². The molecule has 2 aromatic carbocycles. The minimum atomic E-state index is -1.17. The molecule has 0 saturated carbocycles. The zero-order valence-corrected chi connectivity index (χ0v) is 23.3. The second kappa shape index (κ2) is 13.6. The number of pyridine rings is 1. The summed E-state index contributed by atoms with van der Waals surface area (Å²) in [4.78, 5) is 41.6. The van der Waals surface area contributed by atoms with Crippen LogP contribution in [0.1, 0.15) is 48.3 Å². The molecule has 0 aliphatic heterocycles. The Labute approximate surface area is 235 Å². The largest absolute Gasteiger partial charge is 0.494 e. The molecule has 0 fully saturated rings. The quantitative estimate of drug-likeness (QED) is 0.337. The van der Waals surface area contributed by atoms with E-state index in [0.717, 1.165) is 6.92 Å². The number of nitrogens with one attached hydrogen (secondary N) is 1. The van der Waals surface area contributed by atoms with Crippen molar-refractivity contribution in [1.82, 2.24) is 10.3 Å². The van der Waals surface area contributed by atoms with Crippen LogP contribution in [-0.4, -0.2) is 56.3 Å². The van der Waals surface area contributed by atoms with Gasteiger partial charge < -0.3 is 29.0 Å². The van der Waals surface area contributed by atoms with Gasteiger partial charge in [-0.25, -0.2) is 18.6 Å². The molecule has 2 atom stereocenters. The Bertz CT molecular complexity index is 1380. The van der Waals surface area contributed by atoms with Crippen LogP contribution < -0.4 is 24.3 Å². The Morgan fingerprint density at radius 1 is 0.829 bits per heavy atom. The summed E-state index contributed by atoms with van der Waals surface area (Å²) in [7, 11) is 3.96. The van der Waals surface area contributed by atoms with E-state index >= 15 is 0 Å². The molecule has 0 aliphatic rings. The molecule has 218 valence electrons. The van der Waals surface area contributed by atoms with Crippen LogP contribution in [0, 0.1) is 11.6 Å². The number of esters is 2. The van der Waals surface area contributed by atoms with Crippen molar-refractivity contribution in [2.24, 2.45) is 0 Å². The number of rotatable bonds is 11. The number of benzene rings is 2. The summed E-state index contributed by atoms with van der Waals surface area (Å²) < 4.78 is 54.5. The molecule has 3 rings (SSSR count). The third-order valence-electron chi connectivity index (χ3n) is 6.09. The number of amides is 1. The highest BCUT2D eigenvalue weighted by molar-refractivity contribution is 5.98. The molecule has 3 aromatic rings. The molecule has 1 heterocycles. The van der Waals surface area contributed by atoms with E-state index in [4.69, 9.17) is 23.7 Å². The van der Waals surface area contributed by atoms with Crippen molar-refractivity contribution in [3.8, 4) is 23.0 Å². The van der Waals surface area contributed by atoms with Gasteiger partial charge in [0.2, 0.25) is 5.75 Å². The van der Waals surface area contributed by atoms with Crippen LogP contribution in [0.25, 0.3) is 0 Å². The molecule has 0 spiro atoms.